The number of carbonyl (C=O) groups is 3. The van der Waals surface area contributed by atoms with Crippen LogP contribution >= 0.6 is 0 Å². The predicted octanol–water partition coefficient (Wildman–Crippen LogP) is -0.360. The third-order valence-corrected chi connectivity index (χ3v) is 5.59. The van der Waals surface area contributed by atoms with E-state index in [1.807, 2.05) is 4.72 Å². The van der Waals surface area contributed by atoms with Gasteiger partial charge in [0, 0.05) is 30.8 Å². The maximum absolute atomic E-state index is 12.3. The highest BCUT2D eigenvalue weighted by molar-refractivity contribution is 7.89. The van der Waals surface area contributed by atoms with Gasteiger partial charge < -0.3 is 21.2 Å². The number of hydrogen-bond donors (Lipinski definition) is 6. The Kier molecular flexibility index (Phi) is 8.49. The number of nitrogens with one attached hydrogen (secondary N) is 4. The Labute approximate surface area is 179 Å². The first-order valence-corrected chi connectivity index (χ1v) is 10.6. The van der Waals surface area contributed by atoms with Crippen LogP contribution in [-0.4, -0.2) is 50.4 Å². The molecule has 0 bridgehead atoms. The fraction of sp³-hybridized carbons (Fsp3) is 0.211. The van der Waals surface area contributed by atoms with Gasteiger partial charge in [0.15, 0.2) is 0 Å². The molecule has 0 saturated heterocycles. The molecule has 11 nitrogen and oxygen atoms in total. The van der Waals surface area contributed by atoms with E-state index in [4.69, 9.17) is 5.84 Å². The lowest BCUT2D eigenvalue weighted by Gasteiger charge is -2.15. The number of carboxylic acid groups (broad SMARTS) is 1. The van der Waals surface area contributed by atoms with E-state index >= 15 is 0 Å². The molecule has 0 heterocycles. The van der Waals surface area contributed by atoms with Gasteiger partial charge in [0.05, 0.1) is 4.90 Å². The summed E-state index contributed by atoms with van der Waals surface area (Å²) in [6.07, 6.45) is -0.119. The summed E-state index contributed by atoms with van der Waals surface area (Å²) in [7, 11) is -4.07. The zero-order valence-corrected chi connectivity index (χ0v) is 17.2. The highest BCUT2D eigenvalue weighted by Crippen LogP contribution is 2.09. The Balaban J connectivity index is 1.81. The SMILES string of the molecule is NNc1ccc(C(=O)NCCC(=O)NC[C@H](NS(=O)(=O)c2ccccc2)C(=O)O)cc1. The molecule has 0 fully saturated rings. The molecule has 0 aromatic heterocycles. The Morgan fingerprint density at radius 2 is 1.61 bits per heavy atom. The largest absolute Gasteiger partial charge is 0.480 e. The molecule has 0 unspecified atom stereocenters. The van der Waals surface area contributed by atoms with Gasteiger partial charge in [0.2, 0.25) is 15.9 Å². The van der Waals surface area contributed by atoms with Crippen molar-refractivity contribution >= 4 is 33.5 Å². The Morgan fingerprint density at radius 3 is 2.19 bits per heavy atom. The predicted molar refractivity (Wildman–Crippen MR) is 112 cm³/mol. The van der Waals surface area contributed by atoms with Crippen molar-refractivity contribution in [2.45, 2.75) is 17.4 Å². The average Bonchev–Trinajstić information content (AvgIpc) is 2.77. The van der Waals surface area contributed by atoms with Crippen LogP contribution < -0.4 is 26.6 Å². The van der Waals surface area contributed by atoms with Crippen molar-refractivity contribution in [1.29, 1.82) is 0 Å². The molecule has 2 rings (SSSR count). The summed E-state index contributed by atoms with van der Waals surface area (Å²) in [6.45, 7) is -0.448. The van der Waals surface area contributed by atoms with Crippen molar-refractivity contribution in [2.75, 3.05) is 18.5 Å². The number of nitrogen functional groups attached to an aromatic ring is 1. The lowest BCUT2D eigenvalue weighted by atomic mass is 10.2. The molecule has 2 amide bonds. The van der Waals surface area contributed by atoms with Crippen molar-refractivity contribution in [3.8, 4) is 0 Å². The first kappa shape index (κ1) is 23.8. The summed E-state index contributed by atoms with van der Waals surface area (Å²) in [4.78, 5) is 35.3. The van der Waals surface area contributed by atoms with E-state index in [1.54, 1.807) is 30.3 Å². The lowest BCUT2D eigenvalue weighted by Crippen LogP contribution is -2.48. The van der Waals surface area contributed by atoms with Crippen LogP contribution in [-0.2, 0) is 19.6 Å². The molecular weight excluding hydrogens is 426 g/mol. The van der Waals surface area contributed by atoms with Gasteiger partial charge in [-0.3, -0.25) is 20.2 Å². The number of anilines is 1. The topological polar surface area (TPSA) is 180 Å². The summed E-state index contributed by atoms with van der Waals surface area (Å²) < 4.78 is 26.6. The molecule has 0 aliphatic carbocycles. The summed E-state index contributed by atoms with van der Waals surface area (Å²) in [6, 6.07) is 12.1. The molecule has 2 aromatic rings. The number of rotatable bonds is 11. The van der Waals surface area contributed by atoms with E-state index in [1.165, 1.54) is 24.3 Å². The van der Waals surface area contributed by atoms with Gasteiger partial charge in [-0.15, -0.1) is 0 Å². The minimum atomic E-state index is -4.07. The van der Waals surface area contributed by atoms with Crippen molar-refractivity contribution in [1.82, 2.24) is 15.4 Å². The monoisotopic (exact) mass is 449 g/mol. The first-order valence-electron chi connectivity index (χ1n) is 9.14. The number of amides is 2. The minimum absolute atomic E-state index is 0.00897. The van der Waals surface area contributed by atoms with Gasteiger partial charge in [0.1, 0.15) is 6.04 Å². The van der Waals surface area contributed by atoms with Crippen molar-refractivity contribution in [2.24, 2.45) is 5.84 Å². The molecule has 31 heavy (non-hydrogen) atoms. The third-order valence-electron chi connectivity index (χ3n) is 4.10. The fourth-order valence-electron chi connectivity index (χ4n) is 2.45. The molecule has 0 aliphatic rings. The third kappa shape index (κ3) is 7.37. The fourth-order valence-corrected chi connectivity index (χ4v) is 3.66. The first-order chi connectivity index (χ1) is 14.7. The number of nitrogens with two attached hydrogens (primary N) is 1. The maximum Gasteiger partial charge on any atom is 0.323 e. The number of hydrazine groups is 1. The number of benzene rings is 2. The summed E-state index contributed by atoms with van der Waals surface area (Å²) in [5, 5.41) is 14.2. The Hall–Kier alpha value is -3.48. The van der Waals surface area contributed by atoms with E-state index in [0.717, 1.165) is 0 Å². The smallest absolute Gasteiger partial charge is 0.323 e. The number of hydrogen-bond acceptors (Lipinski definition) is 7. The lowest BCUT2D eigenvalue weighted by molar-refractivity contribution is -0.138. The van der Waals surface area contributed by atoms with Crippen LogP contribution in [0.5, 0.6) is 0 Å². The van der Waals surface area contributed by atoms with Gasteiger partial charge in [0.25, 0.3) is 5.91 Å². The van der Waals surface area contributed by atoms with Gasteiger partial charge in [-0.05, 0) is 36.4 Å². The minimum Gasteiger partial charge on any atom is -0.480 e. The zero-order valence-electron chi connectivity index (χ0n) is 16.4. The van der Waals surface area contributed by atoms with Crippen LogP contribution in [0.3, 0.4) is 0 Å². The maximum atomic E-state index is 12.3. The molecule has 2 aromatic carbocycles. The van der Waals surface area contributed by atoms with Crippen LogP contribution in [0, 0.1) is 0 Å². The molecule has 0 aliphatic heterocycles. The van der Waals surface area contributed by atoms with Crippen LogP contribution in [0.1, 0.15) is 16.8 Å². The second kappa shape index (κ2) is 11.1. The van der Waals surface area contributed by atoms with Crippen LogP contribution in [0.15, 0.2) is 59.5 Å². The molecule has 0 saturated carbocycles. The van der Waals surface area contributed by atoms with Crippen molar-refractivity contribution < 1.29 is 27.9 Å². The Bertz CT molecular complexity index is 1010. The normalized spacial score (nSPS) is 11.9. The van der Waals surface area contributed by atoms with E-state index in [-0.39, 0.29) is 17.9 Å². The summed E-state index contributed by atoms with van der Waals surface area (Å²) in [5.74, 6) is 2.87. The second-order valence-electron chi connectivity index (χ2n) is 6.36. The average molecular weight is 449 g/mol. The standard InChI is InChI=1S/C19H23N5O6S/c20-23-14-8-6-13(7-9-14)18(26)21-11-10-17(25)22-12-16(19(27)28)24-31(29,30)15-4-2-1-3-5-15/h1-9,16,23-24H,10-12,20H2,(H,21,26)(H,22,25)(H,27,28)/t16-/m0/s1. The number of carboxylic acids is 1. The van der Waals surface area contributed by atoms with Crippen molar-refractivity contribution in [3.05, 3.63) is 60.2 Å². The number of sulfonamides is 1. The van der Waals surface area contributed by atoms with E-state index in [0.29, 0.717) is 11.3 Å². The van der Waals surface area contributed by atoms with Crippen LogP contribution in [0.2, 0.25) is 0 Å². The molecular formula is C19H23N5O6S. The highest BCUT2D eigenvalue weighted by atomic mass is 32.2. The molecule has 0 spiro atoms. The van der Waals surface area contributed by atoms with Gasteiger partial charge in [-0.2, -0.15) is 4.72 Å². The molecule has 166 valence electrons. The highest BCUT2D eigenvalue weighted by Gasteiger charge is 2.25. The Morgan fingerprint density at radius 1 is 0.968 bits per heavy atom. The number of carbonyl (C=O) groups excluding carboxylic acids is 2. The molecule has 7 N–H and O–H groups in total. The molecule has 0 radical (unpaired) electrons. The molecule has 12 heteroatoms. The quantitative estimate of drug-likeness (QED) is 0.199. The summed E-state index contributed by atoms with van der Waals surface area (Å²) in [5.41, 5.74) is 3.44. The molecule has 1 atom stereocenters. The second-order valence-corrected chi connectivity index (χ2v) is 8.07. The van der Waals surface area contributed by atoms with Gasteiger partial charge in [-0.1, -0.05) is 18.2 Å². The van der Waals surface area contributed by atoms with E-state index in [2.05, 4.69) is 16.1 Å². The van der Waals surface area contributed by atoms with Crippen LogP contribution in [0.4, 0.5) is 5.69 Å². The van der Waals surface area contributed by atoms with E-state index in [9.17, 15) is 27.9 Å². The number of aliphatic carboxylic acids is 1. The van der Waals surface area contributed by atoms with Gasteiger partial charge >= 0.3 is 5.97 Å². The van der Waals surface area contributed by atoms with Gasteiger partial charge in [-0.25, -0.2) is 8.42 Å². The van der Waals surface area contributed by atoms with E-state index < -0.39 is 40.4 Å². The zero-order chi connectivity index (χ0) is 22.9. The van der Waals surface area contributed by atoms with Crippen LogP contribution in [0.25, 0.3) is 0 Å². The summed E-state index contributed by atoms with van der Waals surface area (Å²) >= 11 is 0. The van der Waals surface area contributed by atoms with Crippen molar-refractivity contribution in [3.63, 3.8) is 0 Å².